The molecule has 0 saturated heterocycles. The molecule has 1 N–H and O–H groups in total. The molecule has 0 aromatic heterocycles. The van der Waals surface area contributed by atoms with Crippen LogP contribution in [0.3, 0.4) is 0 Å². The molecule has 0 heterocycles. The highest BCUT2D eigenvalue weighted by Gasteiger charge is 2.29. The maximum absolute atomic E-state index is 5.93. The van der Waals surface area contributed by atoms with E-state index in [4.69, 9.17) is 4.74 Å². The van der Waals surface area contributed by atoms with Crippen molar-refractivity contribution in [2.75, 3.05) is 13.2 Å². The zero-order chi connectivity index (χ0) is 13.5. The standard InChI is InChI=1S/C17H27NO/c1-3-12-18-17(14-8-7-9-14)15-10-5-6-11-16(15)19-13-4-2/h5-6,10-11,14,17-18H,3-4,7-9,12-13H2,1-2H3. The summed E-state index contributed by atoms with van der Waals surface area (Å²) in [5.74, 6) is 1.86. The lowest BCUT2D eigenvalue weighted by Gasteiger charge is -2.35. The number of hydrogen-bond acceptors (Lipinski definition) is 2. The zero-order valence-electron chi connectivity index (χ0n) is 12.3. The van der Waals surface area contributed by atoms with Crippen LogP contribution in [0.4, 0.5) is 0 Å². The van der Waals surface area contributed by atoms with Gasteiger partial charge in [0.25, 0.3) is 0 Å². The van der Waals surface area contributed by atoms with Crippen molar-refractivity contribution in [3.8, 4) is 5.75 Å². The fraction of sp³-hybridized carbons (Fsp3) is 0.647. The Labute approximate surface area is 117 Å². The Bertz CT molecular complexity index is 373. The van der Waals surface area contributed by atoms with Gasteiger partial charge in [-0.2, -0.15) is 0 Å². The number of hydrogen-bond donors (Lipinski definition) is 1. The number of rotatable bonds is 8. The van der Waals surface area contributed by atoms with E-state index >= 15 is 0 Å². The molecule has 1 saturated carbocycles. The molecule has 2 heteroatoms. The molecule has 106 valence electrons. The maximum Gasteiger partial charge on any atom is 0.124 e. The molecule has 0 spiro atoms. The van der Waals surface area contributed by atoms with E-state index in [1.807, 2.05) is 0 Å². The van der Waals surface area contributed by atoms with Crippen molar-refractivity contribution in [1.29, 1.82) is 0 Å². The Kier molecular flexibility index (Phi) is 5.71. The second kappa shape index (κ2) is 7.54. The Hall–Kier alpha value is -1.02. The Morgan fingerprint density at radius 1 is 1.21 bits per heavy atom. The van der Waals surface area contributed by atoms with Crippen LogP contribution in [0.15, 0.2) is 24.3 Å². The fourth-order valence-electron chi connectivity index (χ4n) is 2.68. The number of para-hydroxylation sites is 1. The van der Waals surface area contributed by atoms with E-state index < -0.39 is 0 Å². The summed E-state index contributed by atoms with van der Waals surface area (Å²) in [6.07, 6.45) is 6.33. The molecule has 2 rings (SSSR count). The highest BCUT2D eigenvalue weighted by atomic mass is 16.5. The third-order valence-corrected chi connectivity index (χ3v) is 3.95. The van der Waals surface area contributed by atoms with E-state index in [1.54, 1.807) is 0 Å². The lowest BCUT2D eigenvalue weighted by molar-refractivity contribution is 0.223. The molecule has 0 radical (unpaired) electrons. The van der Waals surface area contributed by atoms with Crippen LogP contribution in [-0.4, -0.2) is 13.2 Å². The maximum atomic E-state index is 5.93. The summed E-state index contributed by atoms with van der Waals surface area (Å²) in [7, 11) is 0. The monoisotopic (exact) mass is 261 g/mol. The largest absolute Gasteiger partial charge is 0.493 e. The highest BCUT2D eigenvalue weighted by Crippen LogP contribution is 2.40. The smallest absolute Gasteiger partial charge is 0.124 e. The van der Waals surface area contributed by atoms with E-state index in [1.165, 1.54) is 31.2 Å². The van der Waals surface area contributed by atoms with Gasteiger partial charge in [0.1, 0.15) is 5.75 Å². The predicted octanol–water partition coefficient (Wildman–Crippen LogP) is 4.32. The molecule has 1 atom stereocenters. The number of benzene rings is 1. The van der Waals surface area contributed by atoms with Crippen molar-refractivity contribution in [2.45, 2.75) is 52.0 Å². The van der Waals surface area contributed by atoms with E-state index in [9.17, 15) is 0 Å². The van der Waals surface area contributed by atoms with Gasteiger partial charge in [-0.1, -0.05) is 38.5 Å². The Morgan fingerprint density at radius 2 is 2.00 bits per heavy atom. The molecule has 1 aliphatic carbocycles. The first-order valence-electron chi connectivity index (χ1n) is 7.82. The zero-order valence-corrected chi connectivity index (χ0v) is 12.3. The van der Waals surface area contributed by atoms with Crippen LogP contribution >= 0.6 is 0 Å². The van der Waals surface area contributed by atoms with Gasteiger partial charge in [-0.05, 0) is 44.2 Å². The third kappa shape index (κ3) is 3.73. The molecule has 0 aliphatic heterocycles. The Balaban J connectivity index is 2.14. The topological polar surface area (TPSA) is 21.3 Å². The first-order valence-corrected chi connectivity index (χ1v) is 7.82. The molecule has 1 unspecified atom stereocenters. The second-order valence-corrected chi connectivity index (χ2v) is 5.51. The van der Waals surface area contributed by atoms with Crippen molar-refractivity contribution in [1.82, 2.24) is 5.32 Å². The summed E-state index contributed by atoms with van der Waals surface area (Å²) >= 11 is 0. The van der Waals surface area contributed by atoms with Gasteiger partial charge in [0.2, 0.25) is 0 Å². The van der Waals surface area contributed by atoms with Crippen LogP contribution in [0, 0.1) is 5.92 Å². The van der Waals surface area contributed by atoms with Gasteiger partial charge in [-0.3, -0.25) is 0 Å². The van der Waals surface area contributed by atoms with Crippen molar-refractivity contribution in [3.05, 3.63) is 29.8 Å². The van der Waals surface area contributed by atoms with E-state index in [-0.39, 0.29) is 0 Å². The van der Waals surface area contributed by atoms with Crippen molar-refractivity contribution < 1.29 is 4.74 Å². The van der Waals surface area contributed by atoms with E-state index in [0.29, 0.717) is 6.04 Å². The summed E-state index contributed by atoms with van der Waals surface area (Å²) in [4.78, 5) is 0. The predicted molar refractivity (Wildman–Crippen MR) is 80.6 cm³/mol. The van der Waals surface area contributed by atoms with Gasteiger partial charge in [0, 0.05) is 11.6 Å². The third-order valence-electron chi connectivity index (χ3n) is 3.95. The van der Waals surface area contributed by atoms with Gasteiger partial charge >= 0.3 is 0 Å². The first-order chi connectivity index (χ1) is 9.36. The quantitative estimate of drug-likeness (QED) is 0.752. The molecule has 0 amide bonds. The van der Waals surface area contributed by atoms with Crippen molar-refractivity contribution in [2.24, 2.45) is 5.92 Å². The summed E-state index contributed by atoms with van der Waals surface area (Å²) < 4.78 is 5.93. The molecular weight excluding hydrogens is 234 g/mol. The lowest BCUT2D eigenvalue weighted by Crippen LogP contribution is -2.33. The average Bonchev–Trinajstić information content (AvgIpc) is 2.39. The van der Waals surface area contributed by atoms with Crippen LogP contribution in [0.5, 0.6) is 5.75 Å². The molecular formula is C17H27NO. The minimum Gasteiger partial charge on any atom is -0.493 e. The summed E-state index contributed by atoms with van der Waals surface area (Å²) in [6, 6.07) is 9.03. The molecule has 0 bridgehead atoms. The van der Waals surface area contributed by atoms with Gasteiger partial charge in [-0.15, -0.1) is 0 Å². The minimum absolute atomic E-state index is 0.474. The number of nitrogens with one attached hydrogen (secondary N) is 1. The summed E-state index contributed by atoms with van der Waals surface area (Å²) in [6.45, 7) is 6.27. The van der Waals surface area contributed by atoms with Crippen LogP contribution in [-0.2, 0) is 0 Å². The van der Waals surface area contributed by atoms with Crippen LogP contribution < -0.4 is 10.1 Å². The minimum atomic E-state index is 0.474. The Morgan fingerprint density at radius 3 is 2.63 bits per heavy atom. The van der Waals surface area contributed by atoms with Crippen molar-refractivity contribution in [3.63, 3.8) is 0 Å². The first kappa shape index (κ1) is 14.4. The van der Waals surface area contributed by atoms with Gasteiger partial charge < -0.3 is 10.1 Å². The molecule has 2 nitrogen and oxygen atoms in total. The molecule has 1 fully saturated rings. The van der Waals surface area contributed by atoms with Crippen LogP contribution in [0.2, 0.25) is 0 Å². The normalized spacial score (nSPS) is 16.9. The average molecular weight is 261 g/mol. The number of ether oxygens (including phenoxy) is 1. The van der Waals surface area contributed by atoms with Gasteiger partial charge in [-0.25, -0.2) is 0 Å². The molecule has 1 aliphatic rings. The lowest BCUT2D eigenvalue weighted by atomic mass is 9.77. The molecule has 1 aromatic carbocycles. The molecule has 19 heavy (non-hydrogen) atoms. The fourth-order valence-corrected chi connectivity index (χ4v) is 2.68. The SMILES string of the molecule is CCCNC(c1ccccc1OCCC)C1CCC1. The highest BCUT2D eigenvalue weighted by molar-refractivity contribution is 5.36. The molecule has 1 aromatic rings. The van der Waals surface area contributed by atoms with Crippen LogP contribution in [0.25, 0.3) is 0 Å². The van der Waals surface area contributed by atoms with E-state index in [0.717, 1.165) is 31.2 Å². The van der Waals surface area contributed by atoms with Crippen molar-refractivity contribution >= 4 is 0 Å². The van der Waals surface area contributed by atoms with Gasteiger partial charge in [0.15, 0.2) is 0 Å². The summed E-state index contributed by atoms with van der Waals surface area (Å²) in [5, 5.41) is 3.72. The summed E-state index contributed by atoms with van der Waals surface area (Å²) in [5.41, 5.74) is 1.36. The second-order valence-electron chi connectivity index (χ2n) is 5.51. The van der Waals surface area contributed by atoms with Gasteiger partial charge in [0.05, 0.1) is 6.61 Å². The van der Waals surface area contributed by atoms with Crippen LogP contribution in [0.1, 0.15) is 57.6 Å². The van der Waals surface area contributed by atoms with E-state index in [2.05, 4.69) is 43.4 Å².